The summed E-state index contributed by atoms with van der Waals surface area (Å²) in [5.41, 5.74) is 1.01. The molecule has 0 saturated heterocycles. The molecule has 12 heteroatoms. The number of carbonyl (C=O) groups excluding carboxylic acids is 1. The van der Waals surface area contributed by atoms with Crippen LogP contribution in [0, 0.1) is 0 Å². The van der Waals surface area contributed by atoms with Gasteiger partial charge in [-0.1, -0.05) is 23.4 Å². The first-order chi connectivity index (χ1) is 13.3. The third-order valence-corrected chi connectivity index (χ3v) is 4.39. The van der Waals surface area contributed by atoms with Gasteiger partial charge in [0.25, 0.3) is 0 Å². The SMILES string of the molecule is O=C(CSc1nnnn1-c1ccc(Cl)cc1)Nc1ccc(OC(F)(F)F)cc1. The number of nitrogens with zero attached hydrogens (tertiary/aromatic N) is 4. The van der Waals surface area contributed by atoms with Crippen LogP contribution in [0.3, 0.4) is 0 Å². The molecule has 0 radical (unpaired) electrons. The Balaban J connectivity index is 1.57. The highest BCUT2D eigenvalue weighted by atomic mass is 35.5. The number of nitrogens with one attached hydrogen (secondary N) is 1. The Kier molecular flexibility index (Phi) is 6.05. The highest BCUT2D eigenvalue weighted by Gasteiger charge is 2.30. The van der Waals surface area contributed by atoms with Crippen molar-refractivity contribution < 1.29 is 22.7 Å². The molecule has 1 N–H and O–H groups in total. The predicted molar refractivity (Wildman–Crippen MR) is 96.6 cm³/mol. The molecule has 0 fully saturated rings. The van der Waals surface area contributed by atoms with Crippen molar-refractivity contribution in [2.45, 2.75) is 11.5 Å². The van der Waals surface area contributed by atoms with E-state index in [0.29, 0.717) is 21.6 Å². The first-order valence-corrected chi connectivity index (χ1v) is 8.99. The number of halogens is 4. The van der Waals surface area contributed by atoms with Crippen molar-refractivity contribution in [3.63, 3.8) is 0 Å². The van der Waals surface area contributed by atoms with Gasteiger partial charge in [0.2, 0.25) is 11.1 Å². The number of ether oxygens (including phenoxy) is 1. The summed E-state index contributed by atoms with van der Waals surface area (Å²) < 4.78 is 41.7. The van der Waals surface area contributed by atoms with Gasteiger partial charge >= 0.3 is 6.36 Å². The normalized spacial score (nSPS) is 11.3. The number of benzene rings is 2. The van der Waals surface area contributed by atoms with E-state index in [9.17, 15) is 18.0 Å². The summed E-state index contributed by atoms with van der Waals surface area (Å²) in [4.78, 5) is 12.1. The molecule has 1 aromatic heterocycles. The molecule has 1 heterocycles. The number of thioether (sulfide) groups is 1. The number of alkyl halides is 3. The first kappa shape index (κ1) is 20.0. The summed E-state index contributed by atoms with van der Waals surface area (Å²) in [7, 11) is 0. The van der Waals surface area contributed by atoms with Gasteiger partial charge in [-0.15, -0.1) is 18.3 Å². The van der Waals surface area contributed by atoms with Crippen LogP contribution >= 0.6 is 23.4 Å². The first-order valence-electron chi connectivity index (χ1n) is 7.63. The molecule has 0 aliphatic heterocycles. The number of tetrazole rings is 1. The van der Waals surface area contributed by atoms with Crippen molar-refractivity contribution in [3.8, 4) is 11.4 Å². The average molecular weight is 430 g/mol. The molecular formula is C16H11ClF3N5O2S. The smallest absolute Gasteiger partial charge is 0.406 e. The molecule has 0 aliphatic carbocycles. The van der Waals surface area contributed by atoms with E-state index < -0.39 is 6.36 Å². The molecule has 3 aromatic rings. The van der Waals surface area contributed by atoms with E-state index in [1.165, 1.54) is 16.8 Å². The standard InChI is InChI=1S/C16H11ClF3N5O2S/c17-10-1-5-12(6-2-10)25-15(22-23-24-25)28-9-14(26)21-11-3-7-13(8-4-11)27-16(18,19)20/h1-8H,9H2,(H,21,26). The molecule has 1 amide bonds. The number of hydrogen-bond acceptors (Lipinski definition) is 6. The van der Waals surface area contributed by atoms with E-state index in [-0.39, 0.29) is 17.4 Å². The Bertz CT molecular complexity index is 948. The monoisotopic (exact) mass is 429 g/mol. The van der Waals surface area contributed by atoms with Crippen LogP contribution in [0.4, 0.5) is 18.9 Å². The van der Waals surface area contributed by atoms with Crippen molar-refractivity contribution in [3.05, 3.63) is 53.6 Å². The average Bonchev–Trinajstić information content (AvgIpc) is 3.10. The molecule has 0 bridgehead atoms. The fraction of sp³-hybridized carbons (Fsp3) is 0.125. The fourth-order valence-corrected chi connectivity index (χ4v) is 2.90. The number of rotatable bonds is 6. The summed E-state index contributed by atoms with van der Waals surface area (Å²) in [6.45, 7) is 0. The minimum Gasteiger partial charge on any atom is -0.406 e. The lowest BCUT2D eigenvalue weighted by Gasteiger charge is -2.10. The number of aromatic nitrogens is 4. The van der Waals surface area contributed by atoms with Gasteiger partial charge in [0, 0.05) is 10.7 Å². The summed E-state index contributed by atoms with van der Waals surface area (Å²) >= 11 is 6.95. The summed E-state index contributed by atoms with van der Waals surface area (Å²) in [5, 5.41) is 14.9. The Morgan fingerprint density at radius 3 is 2.46 bits per heavy atom. The zero-order chi connectivity index (χ0) is 20.1. The van der Waals surface area contributed by atoms with Crippen LogP contribution in [0.2, 0.25) is 5.02 Å². The molecule has 7 nitrogen and oxygen atoms in total. The van der Waals surface area contributed by atoms with Gasteiger partial charge in [0.15, 0.2) is 0 Å². The molecule has 0 saturated carbocycles. The second-order valence-electron chi connectivity index (χ2n) is 5.26. The highest BCUT2D eigenvalue weighted by Crippen LogP contribution is 2.24. The van der Waals surface area contributed by atoms with E-state index in [1.807, 2.05) is 0 Å². The van der Waals surface area contributed by atoms with Crippen molar-refractivity contribution in [2.24, 2.45) is 0 Å². The van der Waals surface area contributed by atoms with E-state index in [4.69, 9.17) is 11.6 Å². The third kappa shape index (κ3) is 5.60. The minimum absolute atomic E-state index is 0.00519. The summed E-state index contributed by atoms with van der Waals surface area (Å²) in [6, 6.07) is 11.7. The number of hydrogen-bond donors (Lipinski definition) is 1. The molecule has 0 atom stereocenters. The fourth-order valence-electron chi connectivity index (χ4n) is 2.08. The topological polar surface area (TPSA) is 81.9 Å². The van der Waals surface area contributed by atoms with E-state index >= 15 is 0 Å². The van der Waals surface area contributed by atoms with Gasteiger partial charge in [-0.25, -0.2) is 0 Å². The van der Waals surface area contributed by atoms with Crippen molar-refractivity contribution in [1.29, 1.82) is 0 Å². The lowest BCUT2D eigenvalue weighted by Crippen LogP contribution is -2.17. The van der Waals surface area contributed by atoms with E-state index in [0.717, 1.165) is 23.9 Å². The van der Waals surface area contributed by atoms with Crippen molar-refractivity contribution >= 4 is 35.0 Å². The second kappa shape index (κ2) is 8.48. The van der Waals surface area contributed by atoms with E-state index in [1.54, 1.807) is 24.3 Å². The van der Waals surface area contributed by atoms with Crippen LogP contribution in [-0.4, -0.2) is 38.2 Å². The van der Waals surface area contributed by atoms with Gasteiger partial charge in [-0.3, -0.25) is 4.79 Å². The Hall–Kier alpha value is -2.79. The molecule has 28 heavy (non-hydrogen) atoms. The second-order valence-corrected chi connectivity index (χ2v) is 6.64. The Morgan fingerprint density at radius 2 is 1.82 bits per heavy atom. The number of amides is 1. The van der Waals surface area contributed by atoms with Crippen LogP contribution in [0.5, 0.6) is 5.75 Å². The highest BCUT2D eigenvalue weighted by molar-refractivity contribution is 7.99. The Labute approximate surface area is 165 Å². The maximum atomic E-state index is 12.1. The largest absolute Gasteiger partial charge is 0.573 e. The molecule has 2 aromatic carbocycles. The van der Waals surface area contributed by atoms with E-state index in [2.05, 4.69) is 25.6 Å². The maximum absolute atomic E-state index is 12.1. The molecule has 3 rings (SSSR count). The quantitative estimate of drug-likeness (QED) is 0.597. The molecular weight excluding hydrogens is 419 g/mol. The summed E-state index contributed by atoms with van der Waals surface area (Å²) in [6.07, 6.45) is -4.77. The molecule has 0 aliphatic rings. The van der Waals surface area contributed by atoms with Crippen molar-refractivity contribution in [1.82, 2.24) is 20.2 Å². The number of anilines is 1. The molecule has 0 unspecified atom stereocenters. The zero-order valence-corrected chi connectivity index (χ0v) is 15.4. The minimum atomic E-state index is -4.77. The zero-order valence-electron chi connectivity index (χ0n) is 13.9. The molecule has 146 valence electrons. The van der Waals surface area contributed by atoms with Gasteiger partial charge < -0.3 is 10.1 Å². The van der Waals surface area contributed by atoms with Gasteiger partial charge in [0.05, 0.1) is 11.4 Å². The number of carbonyl (C=O) groups is 1. The van der Waals surface area contributed by atoms with Gasteiger partial charge in [-0.2, -0.15) is 4.68 Å². The van der Waals surface area contributed by atoms with Crippen LogP contribution in [0.25, 0.3) is 5.69 Å². The third-order valence-electron chi connectivity index (χ3n) is 3.22. The Morgan fingerprint density at radius 1 is 1.14 bits per heavy atom. The van der Waals surface area contributed by atoms with Gasteiger partial charge in [0.1, 0.15) is 5.75 Å². The van der Waals surface area contributed by atoms with Crippen LogP contribution in [0.15, 0.2) is 53.7 Å². The van der Waals surface area contributed by atoms with Crippen molar-refractivity contribution in [2.75, 3.05) is 11.1 Å². The van der Waals surface area contributed by atoms with Crippen LogP contribution in [0.1, 0.15) is 0 Å². The lowest BCUT2D eigenvalue weighted by atomic mass is 10.3. The van der Waals surface area contributed by atoms with Crippen LogP contribution in [-0.2, 0) is 4.79 Å². The molecule has 0 spiro atoms. The maximum Gasteiger partial charge on any atom is 0.573 e. The predicted octanol–water partition coefficient (Wildman–Crippen LogP) is 3.95. The van der Waals surface area contributed by atoms with Gasteiger partial charge in [-0.05, 0) is 59.0 Å². The van der Waals surface area contributed by atoms with Crippen LogP contribution < -0.4 is 10.1 Å². The summed E-state index contributed by atoms with van der Waals surface area (Å²) in [5.74, 6) is -0.753. The lowest BCUT2D eigenvalue weighted by molar-refractivity contribution is -0.274.